The van der Waals surface area contributed by atoms with E-state index in [9.17, 15) is 4.79 Å². The van der Waals surface area contributed by atoms with Gasteiger partial charge in [0.05, 0.1) is 16.6 Å². The molecule has 0 fully saturated rings. The van der Waals surface area contributed by atoms with Crippen LogP contribution in [0.3, 0.4) is 0 Å². The van der Waals surface area contributed by atoms with Gasteiger partial charge in [0.1, 0.15) is 0 Å². The summed E-state index contributed by atoms with van der Waals surface area (Å²) < 4.78 is 0.986. The third kappa shape index (κ3) is 4.42. The number of anilines is 1. The summed E-state index contributed by atoms with van der Waals surface area (Å²) in [6.07, 6.45) is 0.339. The van der Waals surface area contributed by atoms with Gasteiger partial charge in [-0.1, -0.05) is 65.4 Å². The van der Waals surface area contributed by atoms with Gasteiger partial charge in [0.25, 0.3) is 0 Å². The van der Waals surface area contributed by atoms with E-state index in [2.05, 4.69) is 23.1 Å². The van der Waals surface area contributed by atoms with Crippen LogP contribution >= 0.6 is 22.9 Å². The van der Waals surface area contributed by atoms with Crippen LogP contribution in [0.4, 0.5) is 5.13 Å². The highest BCUT2D eigenvalue weighted by molar-refractivity contribution is 7.22. The Kier molecular flexibility index (Phi) is 5.81. The molecule has 6 heteroatoms. The van der Waals surface area contributed by atoms with E-state index in [0.717, 1.165) is 33.1 Å². The summed E-state index contributed by atoms with van der Waals surface area (Å²) in [5.74, 6) is 0.0494. The minimum atomic E-state index is 0.0494. The van der Waals surface area contributed by atoms with Crippen molar-refractivity contribution in [3.63, 3.8) is 0 Å². The SMILES string of the molecule is CN(C)CCN(C(=O)Cc1cccc2ccccc12)c1nc2ccc(Cl)cc2s1. The number of likely N-dealkylation sites (N-methyl/N-ethyl adjacent to an activating group) is 1. The van der Waals surface area contributed by atoms with Crippen LogP contribution < -0.4 is 4.90 Å². The molecular weight excluding hydrogens is 402 g/mol. The molecule has 1 amide bonds. The molecular formula is C23H22ClN3OS. The zero-order valence-electron chi connectivity index (χ0n) is 16.4. The van der Waals surface area contributed by atoms with Gasteiger partial charge >= 0.3 is 0 Å². The first-order chi connectivity index (χ1) is 14.0. The number of fused-ring (bicyclic) bond motifs is 2. The molecule has 0 aliphatic heterocycles. The summed E-state index contributed by atoms with van der Waals surface area (Å²) in [4.78, 5) is 21.9. The zero-order chi connectivity index (χ0) is 20.4. The lowest BCUT2D eigenvalue weighted by Gasteiger charge is -2.22. The molecule has 0 aliphatic rings. The predicted octanol–water partition coefficient (Wildman–Crippen LogP) is 5.24. The molecule has 0 unspecified atom stereocenters. The number of amides is 1. The van der Waals surface area contributed by atoms with E-state index >= 15 is 0 Å². The molecule has 29 heavy (non-hydrogen) atoms. The Labute approximate surface area is 179 Å². The third-order valence-electron chi connectivity index (χ3n) is 4.86. The van der Waals surface area contributed by atoms with E-state index in [4.69, 9.17) is 16.6 Å². The maximum Gasteiger partial charge on any atom is 0.233 e. The number of thiazole rings is 1. The van der Waals surface area contributed by atoms with Gasteiger partial charge in [-0.2, -0.15) is 0 Å². The molecule has 4 aromatic rings. The van der Waals surface area contributed by atoms with Crippen LogP contribution in [0.1, 0.15) is 5.56 Å². The molecule has 0 radical (unpaired) electrons. The second kappa shape index (κ2) is 8.49. The maximum atomic E-state index is 13.4. The number of halogens is 1. The second-order valence-corrected chi connectivity index (χ2v) is 8.72. The molecule has 3 aromatic carbocycles. The van der Waals surface area contributed by atoms with E-state index in [-0.39, 0.29) is 5.91 Å². The Balaban J connectivity index is 1.67. The number of carbonyl (C=O) groups excluding carboxylic acids is 1. The molecule has 0 saturated heterocycles. The van der Waals surface area contributed by atoms with Crippen molar-refractivity contribution in [1.82, 2.24) is 9.88 Å². The van der Waals surface area contributed by atoms with Gasteiger partial charge in [-0.15, -0.1) is 0 Å². The normalized spacial score (nSPS) is 11.4. The Morgan fingerprint density at radius 1 is 1.03 bits per heavy atom. The molecule has 1 heterocycles. The van der Waals surface area contributed by atoms with Crippen LogP contribution in [-0.2, 0) is 11.2 Å². The van der Waals surface area contributed by atoms with E-state index in [1.54, 1.807) is 4.90 Å². The third-order valence-corrected chi connectivity index (χ3v) is 6.14. The van der Waals surface area contributed by atoms with Crippen molar-refractivity contribution in [3.8, 4) is 0 Å². The van der Waals surface area contributed by atoms with Gasteiger partial charge in [0.15, 0.2) is 5.13 Å². The second-order valence-electron chi connectivity index (χ2n) is 7.27. The Hall–Kier alpha value is -2.47. The molecule has 0 spiro atoms. The van der Waals surface area contributed by atoms with Gasteiger partial charge in [0.2, 0.25) is 5.91 Å². The monoisotopic (exact) mass is 423 g/mol. The molecule has 0 aliphatic carbocycles. The molecule has 4 nitrogen and oxygen atoms in total. The molecule has 0 saturated carbocycles. The number of nitrogens with zero attached hydrogens (tertiary/aromatic N) is 3. The highest BCUT2D eigenvalue weighted by Crippen LogP contribution is 2.31. The summed E-state index contributed by atoms with van der Waals surface area (Å²) >= 11 is 7.63. The minimum absolute atomic E-state index is 0.0494. The Morgan fingerprint density at radius 2 is 1.83 bits per heavy atom. The number of carbonyl (C=O) groups is 1. The molecule has 148 valence electrons. The van der Waals surface area contributed by atoms with Crippen LogP contribution in [0.5, 0.6) is 0 Å². The quantitative estimate of drug-likeness (QED) is 0.425. The lowest BCUT2D eigenvalue weighted by molar-refractivity contribution is -0.118. The first kappa shape index (κ1) is 19.8. The van der Waals surface area contributed by atoms with Crippen LogP contribution in [0.15, 0.2) is 60.7 Å². The Morgan fingerprint density at radius 3 is 2.66 bits per heavy atom. The smallest absolute Gasteiger partial charge is 0.233 e. The van der Waals surface area contributed by atoms with Crippen molar-refractivity contribution in [2.45, 2.75) is 6.42 Å². The number of rotatable bonds is 6. The summed E-state index contributed by atoms with van der Waals surface area (Å²) in [6.45, 7) is 1.35. The molecule has 1 aromatic heterocycles. The van der Waals surface area contributed by atoms with Crippen molar-refractivity contribution in [2.75, 3.05) is 32.1 Å². The van der Waals surface area contributed by atoms with Crippen molar-refractivity contribution in [2.24, 2.45) is 0 Å². The summed E-state index contributed by atoms with van der Waals surface area (Å²) in [6, 6.07) is 19.9. The maximum absolute atomic E-state index is 13.4. The highest BCUT2D eigenvalue weighted by Gasteiger charge is 2.21. The van der Waals surface area contributed by atoms with Crippen molar-refractivity contribution < 1.29 is 4.79 Å². The van der Waals surface area contributed by atoms with Crippen LogP contribution in [0.2, 0.25) is 5.02 Å². The number of hydrogen-bond donors (Lipinski definition) is 0. The van der Waals surface area contributed by atoms with Crippen LogP contribution in [-0.4, -0.2) is 43.0 Å². The molecule has 0 N–H and O–H groups in total. The van der Waals surface area contributed by atoms with Gasteiger partial charge in [-0.3, -0.25) is 9.69 Å². The average Bonchev–Trinajstić information content (AvgIpc) is 3.11. The van der Waals surface area contributed by atoms with Crippen LogP contribution in [0, 0.1) is 0 Å². The van der Waals surface area contributed by atoms with Crippen molar-refractivity contribution >= 4 is 55.0 Å². The van der Waals surface area contributed by atoms with E-state index in [1.807, 2.05) is 56.6 Å². The topological polar surface area (TPSA) is 36.4 Å². The lowest BCUT2D eigenvalue weighted by atomic mass is 10.0. The molecule has 4 rings (SSSR count). The lowest BCUT2D eigenvalue weighted by Crippen LogP contribution is -2.37. The molecule has 0 bridgehead atoms. The van der Waals surface area contributed by atoms with Gasteiger partial charge in [-0.25, -0.2) is 4.98 Å². The van der Waals surface area contributed by atoms with Crippen molar-refractivity contribution in [3.05, 3.63) is 71.2 Å². The highest BCUT2D eigenvalue weighted by atomic mass is 35.5. The number of hydrogen-bond acceptors (Lipinski definition) is 4. The van der Waals surface area contributed by atoms with Crippen LogP contribution in [0.25, 0.3) is 21.0 Å². The first-order valence-corrected chi connectivity index (χ1v) is 10.7. The standard InChI is InChI=1S/C23H22ClN3OS/c1-26(2)12-13-27(23-25-20-11-10-18(24)15-21(20)29-23)22(28)14-17-8-5-7-16-6-3-4-9-19(16)17/h3-11,15H,12-14H2,1-2H3. The van der Waals surface area contributed by atoms with Crippen molar-refractivity contribution in [1.29, 1.82) is 0 Å². The molecule has 0 atom stereocenters. The zero-order valence-corrected chi connectivity index (χ0v) is 18.0. The van der Waals surface area contributed by atoms with Gasteiger partial charge < -0.3 is 4.90 Å². The summed E-state index contributed by atoms with van der Waals surface area (Å²) in [7, 11) is 4.01. The summed E-state index contributed by atoms with van der Waals surface area (Å²) in [5, 5.41) is 3.66. The predicted molar refractivity (Wildman–Crippen MR) is 123 cm³/mol. The number of benzene rings is 3. The van der Waals surface area contributed by atoms with E-state index < -0.39 is 0 Å². The van der Waals surface area contributed by atoms with E-state index in [1.165, 1.54) is 11.3 Å². The van der Waals surface area contributed by atoms with E-state index in [0.29, 0.717) is 23.1 Å². The van der Waals surface area contributed by atoms with Gasteiger partial charge in [0, 0.05) is 18.1 Å². The fourth-order valence-electron chi connectivity index (χ4n) is 3.33. The fourth-order valence-corrected chi connectivity index (χ4v) is 4.62. The summed E-state index contributed by atoms with van der Waals surface area (Å²) in [5.41, 5.74) is 1.90. The van der Waals surface area contributed by atoms with Gasteiger partial charge in [-0.05, 0) is 48.6 Å². The minimum Gasteiger partial charge on any atom is -0.308 e. The average molecular weight is 424 g/mol. The fraction of sp³-hybridized carbons (Fsp3) is 0.217. The number of aromatic nitrogens is 1. The Bertz CT molecular complexity index is 1170. The first-order valence-electron chi connectivity index (χ1n) is 9.49. The largest absolute Gasteiger partial charge is 0.308 e.